The maximum Gasteiger partial charge on any atom is 0.237 e. The van der Waals surface area contributed by atoms with Gasteiger partial charge in [0.1, 0.15) is 11.9 Å². The molecule has 2 aromatic heterocycles. The Bertz CT molecular complexity index is 1380. The molecule has 0 spiro atoms. The van der Waals surface area contributed by atoms with Crippen LogP contribution >= 0.6 is 0 Å². The van der Waals surface area contributed by atoms with Crippen molar-refractivity contribution in [3.63, 3.8) is 0 Å². The standard InChI is InChI=1S/C28H28N6O2/c1-34-18-23(16-33-34)22-13-25-28(32-15-22)36-26(17-31-25)27(21-4-3-5-24(12-21)35-2)30-11-10-19-6-8-20(14-29)9-7-19/h3-9,12-13,15-16,18,26-27,30-31H,10-11,17H2,1-2H3/t26-,27+/m0/s1. The lowest BCUT2D eigenvalue weighted by Crippen LogP contribution is -2.43. The number of hydrogen-bond donors (Lipinski definition) is 2. The van der Waals surface area contributed by atoms with Crippen molar-refractivity contribution in [1.82, 2.24) is 20.1 Å². The van der Waals surface area contributed by atoms with Gasteiger partial charge in [-0.2, -0.15) is 10.4 Å². The van der Waals surface area contributed by atoms with E-state index in [9.17, 15) is 0 Å². The fraction of sp³-hybridized carbons (Fsp3) is 0.250. The maximum atomic E-state index is 9.03. The first-order valence-electron chi connectivity index (χ1n) is 11.9. The van der Waals surface area contributed by atoms with Crippen LogP contribution in [-0.2, 0) is 13.5 Å². The third-order valence-corrected chi connectivity index (χ3v) is 6.33. The number of benzene rings is 2. The minimum absolute atomic E-state index is 0.0843. The third-order valence-electron chi connectivity index (χ3n) is 6.33. The van der Waals surface area contributed by atoms with E-state index in [0.717, 1.165) is 41.1 Å². The molecule has 36 heavy (non-hydrogen) atoms. The molecule has 5 rings (SSSR count). The van der Waals surface area contributed by atoms with Crippen LogP contribution in [0.5, 0.6) is 11.6 Å². The first-order chi connectivity index (χ1) is 17.6. The zero-order chi connectivity index (χ0) is 24.9. The molecule has 8 nitrogen and oxygen atoms in total. The molecule has 0 saturated heterocycles. The summed E-state index contributed by atoms with van der Waals surface area (Å²) in [5.74, 6) is 1.38. The van der Waals surface area contributed by atoms with Gasteiger partial charge < -0.3 is 20.1 Å². The zero-order valence-corrected chi connectivity index (χ0v) is 20.3. The van der Waals surface area contributed by atoms with Crippen LogP contribution in [0.3, 0.4) is 0 Å². The van der Waals surface area contributed by atoms with Crippen molar-refractivity contribution in [3.8, 4) is 28.8 Å². The van der Waals surface area contributed by atoms with Gasteiger partial charge in [0.25, 0.3) is 0 Å². The minimum Gasteiger partial charge on any atom is -0.497 e. The Labute approximate surface area is 210 Å². The van der Waals surface area contributed by atoms with Crippen LogP contribution in [0.4, 0.5) is 5.69 Å². The molecule has 4 aromatic rings. The predicted molar refractivity (Wildman–Crippen MR) is 138 cm³/mol. The van der Waals surface area contributed by atoms with E-state index in [1.54, 1.807) is 11.8 Å². The average molecular weight is 481 g/mol. The number of nitriles is 1. The van der Waals surface area contributed by atoms with Gasteiger partial charge in [-0.15, -0.1) is 0 Å². The number of rotatable bonds is 8. The number of anilines is 1. The Morgan fingerprint density at radius 2 is 2.06 bits per heavy atom. The molecule has 0 amide bonds. The van der Waals surface area contributed by atoms with Gasteiger partial charge in [0.05, 0.1) is 43.2 Å². The van der Waals surface area contributed by atoms with Gasteiger partial charge >= 0.3 is 0 Å². The lowest BCUT2D eigenvalue weighted by molar-refractivity contribution is 0.150. The van der Waals surface area contributed by atoms with Gasteiger partial charge in [0.2, 0.25) is 5.88 Å². The molecule has 3 heterocycles. The maximum absolute atomic E-state index is 9.03. The van der Waals surface area contributed by atoms with Gasteiger partial charge in [-0.05, 0) is 54.4 Å². The van der Waals surface area contributed by atoms with Crippen molar-refractivity contribution < 1.29 is 9.47 Å². The van der Waals surface area contributed by atoms with Crippen molar-refractivity contribution in [2.75, 3.05) is 25.5 Å². The number of aromatic nitrogens is 3. The lowest BCUT2D eigenvalue weighted by Gasteiger charge is -2.33. The number of pyridine rings is 1. The van der Waals surface area contributed by atoms with Crippen molar-refractivity contribution in [2.45, 2.75) is 18.6 Å². The second-order valence-electron chi connectivity index (χ2n) is 8.78. The summed E-state index contributed by atoms with van der Waals surface area (Å²) in [5, 5.41) is 20.5. The zero-order valence-electron chi connectivity index (χ0n) is 20.3. The topological polar surface area (TPSA) is 97.0 Å². The second-order valence-corrected chi connectivity index (χ2v) is 8.78. The number of nitrogens with one attached hydrogen (secondary N) is 2. The van der Waals surface area contributed by atoms with Crippen LogP contribution in [0.25, 0.3) is 11.1 Å². The smallest absolute Gasteiger partial charge is 0.237 e. The number of aryl methyl sites for hydroxylation is 1. The summed E-state index contributed by atoms with van der Waals surface area (Å²) in [7, 11) is 3.57. The fourth-order valence-corrected chi connectivity index (χ4v) is 4.40. The quantitative estimate of drug-likeness (QED) is 0.392. The molecule has 1 aliphatic rings. The molecule has 0 bridgehead atoms. The van der Waals surface area contributed by atoms with E-state index in [4.69, 9.17) is 14.7 Å². The summed E-state index contributed by atoms with van der Waals surface area (Å²) < 4.78 is 13.7. The van der Waals surface area contributed by atoms with E-state index in [2.05, 4.69) is 38.9 Å². The molecule has 0 saturated carbocycles. The Morgan fingerprint density at radius 3 is 2.81 bits per heavy atom. The minimum atomic E-state index is -0.178. The van der Waals surface area contributed by atoms with Crippen molar-refractivity contribution in [1.29, 1.82) is 5.26 Å². The summed E-state index contributed by atoms with van der Waals surface area (Å²) >= 11 is 0. The van der Waals surface area contributed by atoms with Gasteiger partial charge in [-0.3, -0.25) is 4.68 Å². The molecular weight excluding hydrogens is 452 g/mol. The summed E-state index contributed by atoms with van der Waals surface area (Å²) in [4.78, 5) is 4.61. The van der Waals surface area contributed by atoms with E-state index in [1.165, 1.54) is 5.56 Å². The Balaban J connectivity index is 1.34. The molecule has 2 atom stereocenters. The highest BCUT2D eigenvalue weighted by Gasteiger charge is 2.30. The number of nitrogens with zero attached hydrogens (tertiary/aromatic N) is 4. The molecule has 2 N–H and O–H groups in total. The Hall–Kier alpha value is -4.35. The number of ether oxygens (including phenoxy) is 2. The number of fused-ring (bicyclic) bond motifs is 1. The highest BCUT2D eigenvalue weighted by Crippen LogP contribution is 2.34. The summed E-state index contributed by atoms with van der Waals surface area (Å²) in [6, 6.07) is 19.9. The number of methoxy groups -OCH3 is 1. The molecule has 2 aromatic carbocycles. The molecule has 0 aliphatic carbocycles. The second kappa shape index (κ2) is 10.5. The van der Waals surface area contributed by atoms with Crippen molar-refractivity contribution in [2.24, 2.45) is 7.05 Å². The van der Waals surface area contributed by atoms with Crippen LogP contribution in [0, 0.1) is 11.3 Å². The van der Waals surface area contributed by atoms with Gasteiger partial charge in [0.15, 0.2) is 0 Å². The monoisotopic (exact) mass is 480 g/mol. The molecular formula is C28H28N6O2. The largest absolute Gasteiger partial charge is 0.497 e. The molecule has 0 fully saturated rings. The van der Waals surface area contributed by atoms with E-state index in [0.29, 0.717) is 18.0 Å². The molecule has 182 valence electrons. The van der Waals surface area contributed by atoms with E-state index in [1.807, 2.05) is 68.1 Å². The first kappa shape index (κ1) is 23.4. The highest BCUT2D eigenvalue weighted by molar-refractivity contribution is 5.69. The summed E-state index contributed by atoms with van der Waals surface area (Å²) in [5.41, 5.74) is 5.78. The first-order valence-corrected chi connectivity index (χ1v) is 11.9. The van der Waals surface area contributed by atoms with Crippen molar-refractivity contribution in [3.05, 3.63) is 89.9 Å². The van der Waals surface area contributed by atoms with E-state index < -0.39 is 0 Å². The van der Waals surface area contributed by atoms with Gasteiger partial charge in [-0.1, -0.05) is 24.3 Å². The molecule has 0 unspecified atom stereocenters. The van der Waals surface area contributed by atoms with Crippen molar-refractivity contribution >= 4 is 5.69 Å². The SMILES string of the molecule is COc1cccc([C@@H](NCCc2ccc(C#N)cc2)[C@@H]2CNc3cc(-c4cnn(C)c4)cnc3O2)c1. The van der Waals surface area contributed by atoms with E-state index >= 15 is 0 Å². The summed E-state index contributed by atoms with van der Waals surface area (Å²) in [6.07, 6.45) is 6.26. The normalized spacial score (nSPS) is 15.2. The molecule has 0 radical (unpaired) electrons. The van der Waals surface area contributed by atoms with Crippen LogP contribution in [0.1, 0.15) is 22.7 Å². The third kappa shape index (κ3) is 5.16. The lowest BCUT2D eigenvalue weighted by atomic mass is 9.99. The Kier molecular flexibility index (Phi) is 6.83. The predicted octanol–water partition coefficient (Wildman–Crippen LogP) is 4.11. The van der Waals surface area contributed by atoms with Crippen LogP contribution in [0.2, 0.25) is 0 Å². The molecule has 1 aliphatic heterocycles. The van der Waals surface area contributed by atoms with Crippen LogP contribution in [0.15, 0.2) is 73.2 Å². The Morgan fingerprint density at radius 1 is 1.19 bits per heavy atom. The van der Waals surface area contributed by atoms with Crippen LogP contribution in [-0.4, -0.2) is 41.1 Å². The summed E-state index contributed by atoms with van der Waals surface area (Å²) in [6.45, 7) is 1.37. The number of hydrogen-bond acceptors (Lipinski definition) is 7. The van der Waals surface area contributed by atoms with Crippen LogP contribution < -0.4 is 20.1 Å². The van der Waals surface area contributed by atoms with Gasteiger partial charge in [-0.25, -0.2) is 4.98 Å². The fourth-order valence-electron chi connectivity index (χ4n) is 4.40. The average Bonchev–Trinajstić information content (AvgIpc) is 3.37. The highest BCUT2D eigenvalue weighted by atomic mass is 16.5. The molecule has 8 heteroatoms. The van der Waals surface area contributed by atoms with E-state index in [-0.39, 0.29) is 12.1 Å². The van der Waals surface area contributed by atoms with Gasteiger partial charge in [0, 0.05) is 30.6 Å².